The number of anilines is 1. The van der Waals surface area contributed by atoms with Crippen molar-refractivity contribution >= 4 is 25.9 Å². The summed E-state index contributed by atoms with van der Waals surface area (Å²) in [6, 6.07) is 3.70. The molecule has 0 aliphatic rings. The molecule has 132 valence electrons. The quantitative estimate of drug-likeness (QED) is 0.511. The van der Waals surface area contributed by atoms with Crippen molar-refractivity contribution < 1.29 is 25.9 Å². The Morgan fingerprint density at radius 1 is 0.957 bits per heavy atom. The molecule has 0 unspecified atom stereocenters. The Hall–Kier alpha value is -1.16. The van der Waals surface area contributed by atoms with Crippen LogP contribution in [0.25, 0.3) is 0 Å². The number of unbranched alkanes of at least 4 members (excludes halogenated alkanes) is 3. The van der Waals surface area contributed by atoms with Crippen LogP contribution in [-0.2, 0) is 20.2 Å². The van der Waals surface area contributed by atoms with Gasteiger partial charge in [-0.1, -0.05) is 32.3 Å². The fraction of sp³-hybridized carbons (Fsp3) is 0.571. The van der Waals surface area contributed by atoms with Crippen LogP contribution in [0.4, 0.5) is 5.69 Å². The van der Waals surface area contributed by atoms with Crippen molar-refractivity contribution in [3.63, 3.8) is 0 Å². The minimum absolute atomic E-state index is 0.0709. The van der Waals surface area contributed by atoms with Crippen LogP contribution in [-0.4, -0.2) is 39.0 Å². The predicted octanol–water partition coefficient (Wildman–Crippen LogP) is 2.59. The molecule has 0 aliphatic heterocycles. The van der Waals surface area contributed by atoms with E-state index in [2.05, 4.69) is 6.92 Å². The van der Waals surface area contributed by atoms with E-state index in [-0.39, 0.29) is 5.69 Å². The summed E-state index contributed by atoms with van der Waals surface area (Å²) >= 11 is 0. The summed E-state index contributed by atoms with van der Waals surface area (Å²) in [4.78, 5) is 0.0809. The molecule has 0 spiro atoms. The standard InChI is InChI=1S/C14H23NO6S2/c1-3-5-6-7-11-15(4-2)12-9-8-10-13(22(16,17)18)14(12)23(19,20)21/h8-10H,3-7,11H2,1-2H3,(H,16,17,18)(H,19,20,21). The first kappa shape index (κ1) is 19.9. The summed E-state index contributed by atoms with van der Waals surface area (Å²) in [7, 11) is -9.59. The molecule has 0 fully saturated rings. The summed E-state index contributed by atoms with van der Waals surface area (Å²) in [5.74, 6) is 0. The van der Waals surface area contributed by atoms with E-state index >= 15 is 0 Å². The maximum Gasteiger partial charge on any atom is 0.298 e. The summed E-state index contributed by atoms with van der Waals surface area (Å²) < 4.78 is 64.9. The van der Waals surface area contributed by atoms with E-state index in [1.54, 1.807) is 11.8 Å². The monoisotopic (exact) mass is 365 g/mol. The fourth-order valence-corrected chi connectivity index (χ4v) is 4.40. The average Bonchev–Trinajstić information content (AvgIpc) is 2.45. The molecule has 0 radical (unpaired) electrons. The van der Waals surface area contributed by atoms with E-state index in [1.165, 1.54) is 12.1 Å². The summed E-state index contributed by atoms with van der Waals surface area (Å²) in [6.07, 6.45) is 3.88. The number of rotatable bonds is 9. The third-order valence-electron chi connectivity index (χ3n) is 3.50. The normalized spacial score (nSPS) is 12.3. The molecular weight excluding hydrogens is 342 g/mol. The lowest BCUT2D eigenvalue weighted by Crippen LogP contribution is -2.26. The molecule has 1 rings (SSSR count). The van der Waals surface area contributed by atoms with Gasteiger partial charge in [0.25, 0.3) is 20.2 Å². The van der Waals surface area contributed by atoms with E-state index in [0.29, 0.717) is 13.1 Å². The molecule has 1 aromatic carbocycles. The molecule has 0 aliphatic carbocycles. The molecule has 0 amide bonds. The first-order chi connectivity index (χ1) is 10.6. The number of benzene rings is 1. The lowest BCUT2D eigenvalue weighted by atomic mass is 10.2. The van der Waals surface area contributed by atoms with Crippen LogP contribution in [0, 0.1) is 0 Å². The van der Waals surface area contributed by atoms with Crippen molar-refractivity contribution in [1.29, 1.82) is 0 Å². The maximum atomic E-state index is 11.7. The lowest BCUT2D eigenvalue weighted by molar-refractivity contribution is 0.466. The van der Waals surface area contributed by atoms with Crippen molar-refractivity contribution in [2.75, 3.05) is 18.0 Å². The molecule has 0 heterocycles. The van der Waals surface area contributed by atoms with E-state index in [9.17, 15) is 25.9 Å². The first-order valence-electron chi connectivity index (χ1n) is 7.45. The fourth-order valence-electron chi connectivity index (χ4n) is 2.39. The van der Waals surface area contributed by atoms with Gasteiger partial charge in [0.1, 0.15) is 9.79 Å². The van der Waals surface area contributed by atoms with Crippen LogP contribution in [0.2, 0.25) is 0 Å². The zero-order valence-electron chi connectivity index (χ0n) is 13.3. The largest absolute Gasteiger partial charge is 0.371 e. The van der Waals surface area contributed by atoms with Crippen LogP contribution < -0.4 is 4.90 Å². The van der Waals surface area contributed by atoms with E-state index in [1.807, 2.05) is 0 Å². The zero-order valence-corrected chi connectivity index (χ0v) is 14.9. The summed E-state index contributed by atoms with van der Waals surface area (Å²) in [5.41, 5.74) is 0.0709. The zero-order chi connectivity index (χ0) is 17.7. The average molecular weight is 365 g/mol. The highest BCUT2D eigenvalue weighted by atomic mass is 32.2. The number of nitrogens with zero attached hydrogens (tertiary/aromatic N) is 1. The number of hydrogen-bond acceptors (Lipinski definition) is 5. The maximum absolute atomic E-state index is 11.7. The highest BCUT2D eigenvalue weighted by Gasteiger charge is 2.28. The van der Waals surface area contributed by atoms with Crippen LogP contribution in [0.5, 0.6) is 0 Å². The molecule has 0 bridgehead atoms. The van der Waals surface area contributed by atoms with Crippen LogP contribution in [0.15, 0.2) is 28.0 Å². The minimum atomic E-state index is -4.82. The molecule has 9 heteroatoms. The molecule has 0 aromatic heterocycles. The summed E-state index contributed by atoms with van der Waals surface area (Å²) in [6.45, 7) is 4.83. The lowest BCUT2D eigenvalue weighted by Gasteiger charge is -2.25. The van der Waals surface area contributed by atoms with Crippen molar-refractivity contribution in [2.45, 2.75) is 49.3 Å². The van der Waals surface area contributed by atoms with Crippen molar-refractivity contribution in [2.24, 2.45) is 0 Å². The molecule has 0 atom stereocenters. The third kappa shape index (κ3) is 5.45. The molecule has 0 saturated heterocycles. The van der Waals surface area contributed by atoms with Gasteiger partial charge < -0.3 is 4.90 Å². The molecule has 0 saturated carbocycles. The van der Waals surface area contributed by atoms with Gasteiger partial charge in [-0.05, 0) is 25.5 Å². The van der Waals surface area contributed by atoms with Gasteiger partial charge in [0.15, 0.2) is 0 Å². The predicted molar refractivity (Wildman–Crippen MR) is 88.1 cm³/mol. The van der Waals surface area contributed by atoms with Crippen LogP contribution >= 0.6 is 0 Å². The molecule has 7 nitrogen and oxygen atoms in total. The van der Waals surface area contributed by atoms with Gasteiger partial charge in [-0.3, -0.25) is 9.11 Å². The second kappa shape index (κ2) is 8.09. The smallest absolute Gasteiger partial charge is 0.298 e. The molecule has 23 heavy (non-hydrogen) atoms. The summed E-state index contributed by atoms with van der Waals surface area (Å²) in [5, 5.41) is 0. The second-order valence-electron chi connectivity index (χ2n) is 5.19. The van der Waals surface area contributed by atoms with Crippen LogP contribution in [0.1, 0.15) is 39.5 Å². The van der Waals surface area contributed by atoms with Gasteiger partial charge in [-0.25, -0.2) is 0 Å². The Morgan fingerprint density at radius 2 is 1.61 bits per heavy atom. The van der Waals surface area contributed by atoms with E-state index in [4.69, 9.17) is 0 Å². The first-order valence-corrected chi connectivity index (χ1v) is 10.3. The van der Waals surface area contributed by atoms with E-state index in [0.717, 1.165) is 31.7 Å². The van der Waals surface area contributed by atoms with Gasteiger partial charge >= 0.3 is 0 Å². The third-order valence-corrected chi connectivity index (χ3v) is 5.47. The van der Waals surface area contributed by atoms with Crippen molar-refractivity contribution in [3.05, 3.63) is 18.2 Å². The van der Waals surface area contributed by atoms with Crippen molar-refractivity contribution in [1.82, 2.24) is 0 Å². The van der Waals surface area contributed by atoms with E-state index < -0.39 is 30.0 Å². The second-order valence-corrected chi connectivity index (χ2v) is 7.94. The highest BCUT2D eigenvalue weighted by Crippen LogP contribution is 2.31. The Bertz CT molecular complexity index is 728. The van der Waals surface area contributed by atoms with Crippen molar-refractivity contribution in [3.8, 4) is 0 Å². The topological polar surface area (TPSA) is 112 Å². The van der Waals surface area contributed by atoms with Gasteiger partial charge in [0, 0.05) is 13.1 Å². The number of hydrogen-bond donors (Lipinski definition) is 2. The SMILES string of the molecule is CCCCCCN(CC)c1cccc(S(=O)(=O)O)c1S(=O)(=O)O. The molecule has 2 N–H and O–H groups in total. The van der Waals surface area contributed by atoms with Gasteiger partial charge in [-0.2, -0.15) is 16.8 Å². The highest BCUT2D eigenvalue weighted by molar-refractivity contribution is 7.89. The Morgan fingerprint density at radius 3 is 2.09 bits per heavy atom. The van der Waals surface area contributed by atoms with Crippen LogP contribution in [0.3, 0.4) is 0 Å². The minimum Gasteiger partial charge on any atom is -0.371 e. The van der Waals surface area contributed by atoms with Gasteiger partial charge in [0.2, 0.25) is 0 Å². The molecule has 1 aromatic rings. The Kier molecular flexibility index (Phi) is 7.00. The van der Waals surface area contributed by atoms with Gasteiger partial charge in [0.05, 0.1) is 5.69 Å². The van der Waals surface area contributed by atoms with Gasteiger partial charge in [-0.15, -0.1) is 0 Å². The Balaban J connectivity index is 3.34. The molecular formula is C14H23NO6S2. The Labute approximate surface area is 137 Å².